The van der Waals surface area contributed by atoms with Crippen molar-refractivity contribution in [3.63, 3.8) is 0 Å². The van der Waals surface area contributed by atoms with Gasteiger partial charge >= 0.3 is 0 Å². The quantitative estimate of drug-likeness (QED) is 0.609. The maximum absolute atomic E-state index is 12.6. The third-order valence-corrected chi connectivity index (χ3v) is 4.38. The Bertz CT molecular complexity index is 1150. The molecule has 0 radical (unpaired) electrons. The molecule has 0 bridgehead atoms. The second-order valence-electron chi connectivity index (χ2n) is 5.92. The second kappa shape index (κ2) is 6.14. The summed E-state index contributed by atoms with van der Waals surface area (Å²) in [5.41, 5.74) is 3.80. The molecule has 0 amide bonds. The van der Waals surface area contributed by atoms with Crippen LogP contribution in [0.4, 0.5) is 0 Å². The number of ether oxygens (including phenoxy) is 1. The summed E-state index contributed by atoms with van der Waals surface area (Å²) >= 11 is 0. The molecule has 0 fully saturated rings. The van der Waals surface area contributed by atoms with Crippen molar-refractivity contribution in [2.75, 3.05) is 7.11 Å². The van der Waals surface area contributed by atoms with Gasteiger partial charge in [0.15, 0.2) is 5.82 Å². The van der Waals surface area contributed by atoms with E-state index in [0.717, 1.165) is 22.4 Å². The Kier molecular flexibility index (Phi) is 3.80. The highest BCUT2D eigenvalue weighted by Crippen LogP contribution is 2.23. The number of nitrogens with one attached hydrogen (secondary N) is 1. The molecule has 4 rings (SSSR count). The van der Waals surface area contributed by atoms with Crippen LogP contribution >= 0.6 is 0 Å². The van der Waals surface area contributed by atoms with Crippen LogP contribution in [-0.2, 0) is 6.42 Å². The lowest BCUT2D eigenvalue weighted by atomic mass is 10.1. The van der Waals surface area contributed by atoms with Crippen molar-refractivity contribution in [1.82, 2.24) is 29.4 Å². The van der Waals surface area contributed by atoms with Crippen molar-refractivity contribution >= 4 is 5.65 Å². The van der Waals surface area contributed by atoms with Crippen molar-refractivity contribution in [2.45, 2.75) is 20.3 Å². The first-order valence-electron chi connectivity index (χ1n) is 8.28. The average Bonchev–Trinajstić information content (AvgIpc) is 3.29. The number of aromatic amines is 1. The third-order valence-electron chi connectivity index (χ3n) is 4.38. The molecule has 0 aromatic carbocycles. The van der Waals surface area contributed by atoms with Crippen LogP contribution in [0.25, 0.3) is 22.6 Å². The number of fused-ring (bicyclic) bond motifs is 1. The minimum absolute atomic E-state index is 0.0909. The molecule has 0 saturated carbocycles. The molecule has 0 atom stereocenters. The van der Waals surface area contributed by atoms with Gasteiger partial charge in [-0.15, -0.1) is 0 Å². The predicted octanol–water partition coefficient (Wildman–Crippen LogP) is 2.15. The number of aryl methyl sites for hydroxylation is 1. The van der Waals surface area contributed by atoms with Crippen LogP contribution < -0.4 is 10.3 Å². The molecule has 4 aromatic rings. The van der Waals surface area contributed by atoms with Gasteiger partial charge in [0.1, 0.15) is 5.65 Å². The number of hydrogen-bond donors (Lipinski definition) is 1. The van der Waals surface area contributed by atoms with E-state index < -0.39 is 0 Å². The van der Waals surface area contributed by atoms with Gasteiger partial charge < -0.3 is 9.72 Å². The van der Waals surface area contributed by atoms with Crippen LogP contribution in [0.5, 0.6) is 5.88 Å². The normalized spacial score (nSPS) is 11.2. The summed E-state index contributed by atoms with van der Waals surface area (Å²) in [5, 5.41) is 8.63. The molecule has 4 heterocycles. The molecule has 0 saturated heterocycles. The first-order valence-corrected chi connectivity index (χ1v) is 8.28. The molecule has 1 N–H and O–H groups in total. The van der Waals surface area contributed by atoms with Crippen LogP contribution in [0.3, 0.4) is 0 Å². The third kappa shape index (κ3) is 2.46. The topological polar surface area (TPSA) is 90.1 Å². The highest BCUT2D eigenvalue weighted by Gasteiger charge is 2.15. The minimum atomic E-state index is -0.0909. The van der Waals surface area contributed by atoms with Gasteiger partial charge in [0.05, 0.1) is 19.5 Å². The highest BCUT2D eigenvalue weighted by atomic mass is 16.5. The van der Waals surface area contributed by atoms with Gasteiger partial charge in [-0.25, -0.2) is 4.68 Å². The van der Waals surface area contributed by atoms with Gasteiger partial charge in [-0.3, -0.25) is 4.79 Å². The lowest BCUT2D eigenvalue weighted by Gasteiger charge is -2.04. The van der Waals surface area contributed by atoms with E-state index in [2.05, 4.69) is 20.2 Å². The van der Waals surface area contributed by atoms with Gasteiger partial charge in [-0.2, -0.15) is 19.7 Å². The first kappa shape index (κ1) is 16.1. The standard InChI is InChI=1S/C18H18N6O2/c1-4-13-11(2)21-17-14(9-20-24(17)18(13)25)12-8-19-23(10-12)15-6-5-7-16(22-15)26-3/h5-10,21H,4H2,1-3H3. The lowest BCUT2D eigenvalue weighted by molar-refractivity contribution is 0.397. The van der Waals surface area contributed by atoms with Gasteiger partial charge in [0.2, 0.25) is 5.88 Å². The summed E-state index contributed by atoms with van der Waals surface area (Å²) in [7, 11) is 1.57. The fourth-order valence-electron chi connectivity index (χ4n) is 3.02. The van der Waals surface area contributed by atoms with Gasteiger partial charge in [0.25, 0.3) is 5.56 Å². The van der Waals surface area contributed by atoms with E-state index in [1.807, 2.05) is 32.2 Å². The van der Waals surface area contributed by atoms with E-state index in [1.165, 1.54) is 4.52 Å². The summed E-state index contributed by atoms with van der Waals surface area (Å²) in [4.78, 5) is 20.2. The maximum Gasteiger partial charge on any atom is 0.277 e. The van der Waals surface area contributed by atoms with Gasteiger partial charge in [-0.05, 0) is 19.4 Å². The van der Waals surface area contributed by atoms with E-state index in [4.69, 9.17) is 4.74 Å². The molecule has 0 aliphatic rings. The Balaban J connectivity index is 1.82. The summed E-state index contributed by atoms with van der Waals surface area (Å²) in [5.74, 6) is 1.16. The summed E-state index contributed by atoms with van der Waals surface area (Å²) < 4.78 is 8.22. The number of aromatic nitrogens is 6. The van der Waals surface area contributed by atoms with Crippen LogP contribution in [0.2, 0.25) is 0 Å². The van der Waals surface area contributed by atoms with Gasteiger partial charge in [0, 0.05) is 34.6 Å². The molecular weight excluding hydrogens is 332 g/mol. The zero-order chi connectivity index (χ0) is 18.3. The zero-order valence-electron chi connectivity index (χ0n) is 14.7. The van der Waals surface area contributed by atoms with Gasteiger partial charge in [-0.1, -0.05) is 13.0 Å². The van der Waals surface area contributed by atoms with Crippen molar-refractivity contribution in [3.8, 4) is 22.8 Å². The Labute approximate surface area is 149 Å². The molecule has 4 aromatic heterocycles. The Morgan fingerprint density at radius 3 is 2.85 bits per heavy atom. The largest absolute Gasteiger partial charge is 0.481 e. The highest BCUT2D eigenvalue weighted by molar-refractivity contribution is 5.76. The monoisotopic (exact) mass is 350 g/mol. The summed E-state index contributed by atoms with van der Waals surface area (Å²) in [6.07, 6.45) is 5.90. The summed E-state index contributed by atoms with van der Waals surface area (Å²) in [6.45, 7) is 3.86. The second-order valence-corrected chi connectivity index (χ2v) is 5.92. The number of nitrogens with zero attached hydrogens (tertiary/aromatic N) is 5. The molecule has 0 aliphatic heterocycles. The van der Waals surface area contributed by atoms with Crippen molar-refractivity contribution < 1.29 is 4.74 Å². The molecular formula is C18H18N6O2. The molecule has 26 heavy (non-hydrogen) atoms. The Morgan fingerprint density at radius 2 is 2.08 bits per heavy atom. The van der Waals surface area contributed by atoms with E-state index in [0.29, 0.717) is 23.8 Å². The average molecular weight is 350 g/mol. The maximum atomic E-state index is 12.6. The van der Waals surface area contributed by atoms with Crippen LogP contribution in [0, 0.1) is 6.92 Å². The fourth-order valence-corrected chi connectivity index (χ4v) is 3.02. The molecule has 0 aliphatic carbocycles. The molecule has 0 unspecified atom stereocenters. The van der Waals surface area contributed by atoms with Crippen LogP contribution in [0.1, 0.15) is 18.2 Å². The Hall–Kier alpha value is -3.42. The molecule has 8 nitrogen and oxygen atoms in total. The number of methoxy groups -OCH3 is 1. The number of H-pyrrole nitrogens is 1. The number of rotatable bonds is 4. The molecule has 8 heteroatoms. The van der Waals surface area contributed by atoms with E-state index in [1.54, 1.807) is 30.3 Å². The lowest BCUT2D eigenvalue weighted by Crippen LogP contribution is -2.21. The van der Waals surface area contributed by atoms with Crippen LogP contribution in [-0.4, -0.2) is 36.5 Å². The zero-order valence-corrected chi connectivity index (χ0v) is 14.7. The van der Waals surface area contributed by atoms with Crippen molar-refractivity contribution in [3.05, 3.63) is 58.4 Å². The van der Waals surface area contributed by atoms with E-state index in [9.17, 15) is 4.79 Å². The first-order chi connectivity index (χ1) is 12.6. The smallest absolute Gasteiger partial charge is 0.277 e. The molecule has 0 spiro atoms. The fraction of sp³-hybridized carbons (Fsp3) is 0.222. The number of pyridine rings is 1. The van der Waals surface area contributed by atoms with Crippen molar-refractivity contribution in [1.29, 1.82) is 0 Å². The molecule has 132 valence electrons. The SMILES string of the molecule is CCc1c(C)[nH]c2c(-c3cnn(-c4cccc(OC)n4)c3)cnn2c1=O. The van der Waals surface area contributed by atoms with Crippen LogP contribution in [0.15, 0.2) is 41.6 Å². The summed E-state index contributed by atoms with van der Waals surface area (Å²) in [6, 6.07) is 5.47. The number of hydrogen-bond acceptors (Lipinski definition) is 5. The predicted molar refractivity (Wildman–Crippen MR) is 96.8 cm³/mol. The van der Waals surface area contributed by atoms with Crippen molar-refractivity contribution in [2.24, 2.45) is 0 Å². The van der Waals surface area contributed by atoms with E-state index >= 15 is 0 Å². The van der Waals surface area contributed by atoms with E-state index in [-0.39, 0.29) is 5.56 Å². The minimum Gasteiger partial charge on any atom is -0.481 e. The Morgan fingerprint density at radius 1 is 1.23 bits per heavy atom.